The van der Waals surface area contributed by atoms with Crippen LogP contribution in [0.25, 0.3) is 16.5 Å². The van der Waals surface area contributed by atoms with Crippen molar-refractivity contribution in [2.45, 2.75) is 18.2 Å². The van der Waals surface area contributed by atoms with Gasteiger partial charge in [0.05, 0.1) is 22.2 Å². The standard InChI is InChI=1S/C27H21Cl2NO2/c1-17(25-14-11-19-9-12-22(28)16-26(19)30-25)20-6-4-7-21(15-20)24(29)13-10-18-5-2-3-8-23(18)27(31)32/h2-9,11-12,14-16,24H,1,10,13H2,(H,31,32)/t24-/m0/s1. The number of fused-ring (bicyclic) bond motifs is 1. The lowest BCUT2D eigenvalue weighted by molar-refractivity contribution is 0.0695. The van der Waals surface area contributed by atoms with Gasteiger partial charge in [0.2, 0.25) is 0 Å². The largest absolute Gasteiger partial charge is 0.478 e. The lowest BCUT2D eigenvalue weighted by atomic mass is 9.96. The first-order valence-electron chi connectivity index (χ1n) is 10.2. The van der Waals surface area contributed by atoms with Crippen molar-refractivity contribution in [1.82, 2.24) is 4.98 Å². The minimum Gasteiger partial charge on any atom is -0.478 e. The second kappa shape index (κ2) is 9.56. The van der Waals surface area contributed by atoms with E-state index in [1.807, 2.05) is 66.7 Å². The lowest BCUT2D eigenvalue weighted by Gasteiger charge is -2.14. The van der Waals surface area contributed by atoms with Crippen molar-refractivity contribution in [3.05, 3.63) is 118 Å². The van der Waals surface area contributed by atoms with E-state index >= 15 is 0 Å². The van der Waals surface area contributed by atoms with Gasteiger partial charge < -0.3 is 5.11 Å². The van der Waals surface area contributed by atoms with Gasteiger partial charge in [-0.25, -0.2) is 9.78 Å². The Morgan fingerprint density at radius 3 is 2.59 bits per heavy atom. The molecule has 4 aromatic rings. The summed E-state index contributed by atoms with van der Waals surface area (Å²) >= 11 is 12.8. The van der Waals surface area contributed by atoms with Gasteiger partial charge >= 0.3 is 5.97 Å². The molecule has 1 heterocycles. The molecule has 5 heteroatoms. The molecule has 4 rings (SSSR count). The third-order valence-electron chi connectivity index (χ3n) is 5.48. The Labute approximate surface area is 197 Å². The first-order chi connectivity index (χ1) is 15.4. The Kier molecular flexibility index (Phi) is 6.59. The number of aromatic carboxylic acids is 1. The fraction of sp³-hybridized carbons (Fsp3) is 0.111. The number of hydrogen-bond acceptors (Lipinski definition) is 2. The van der Waals surface area contributed by atoms with E-state index in [0.29, 0.717) is 23.4 Å². The summed E-state index contributed by atoms with van der Waals surface area (Å²) in [4.78, 5) is 16.2. The van der Waals surface area contributed by atoms with Crippen LogP contribution in [0.1, 0.15) is 44.5 Å². The quantitative estimate of drug-likeness (QED) is 0.288. The fourth-order valence-electron chi connectivity index (χ4n) is 3.72. The van der Waals surface area contributed by atoms with Crippen LogP contribution >= 0.6 is 23.2 Å². The Hall–Kier alpha value is -3.14. The highest BCUT2D eigenvalue weighted by atomic mass is 35.5. The number of benzene rings is 3. The lowest BCUT2D eigenvalue weighted by Crippen LogP contribution is -2.03. The van der Waals surface area contributed by atoms with E-state index in [9.17, 15) is 9.90 Å². The summed E-state index contributed by atoms with van der Waals surface area (Å²) in [5.74, 6) is -0.922. The minimum atomic E-state index is -0.922. The van der Waals surface area contributed by atoms with Crippen LogP contribution in [0.3, 0.4) is 0 Å². The van der Waals surface area contributed by atoms with E-state index in [-0.39, 0.29) is 5.38 Å². The van der Waals surface area contributed by atoms with E-state index < -0.39 is 5.97 Å². The Morgan fingerprint density at radius 1 is 1.00 bits per heavy atom. The molecular weight excluding hydrogens is 441 g/mol. The smallest absolute Gasteiger partial charge is 0.335 e. The van der Waals surface area contributed by atoms with Crippen LogP contribution in [0.4, 0.5) is 0 Å². The first kappa shape index (κ1) is 22.1. The maximum atomic E-state index is 11.4. The second-order valence-corrected chi connectivity index (χ2v) is 8.57. The average molecular weight is 462 g/mol. The zero-order valence-corrected chi connectivity index (χ0v) is 18.8. The number of pyridine rings is 1. The second-order valence-electron chi connectivity index (χ2n) is 7.61. The molecule has 0 aliphatic heterocycles. The summed E-state index contributed by atoms with van der Waals surface area (Å²) in [5.41, 5.74) is 5.40. The highest BCUT2D eigenvalue weighted by molar-refractivity contribution is 6.31. The summed E-state index contributed by atoms with van der Waals surface area (Å²) in [6.07, 6.45) is 1.20. The van der Waals surface area contributed by atoms with Crippen LogP contribution in [0.15, 0.2) is 85.4 Å². The Bertz CT molecular complexity index is 1320. The van der Waals surface area contributed by atoms with Crippen molar-refractivity contribution < 1.29 is 9.90 Å². The maximum Gasteiger partial charge on any atom is 0.335 e. The number of carboxylic acid groups (broad SMARTS) is 1. The molecule has 0 unspecified atom stereocenters. The number of aryl methyl sites for hydroxylation is 1. The van der Waals surface area contributed by atoms with Gasteiger partial charge in [-0.05, 0) is 59.9 Å². The molecule has 0 amide bonds. The van der Waals surface area contributed by atoms with Crippen LogP contribution in [-0.2, 0) is 6.42 Å². The molecule has 0 saturated heterocycles. The number of nitrogens with zero attached hydrogens (tertiary/aromatic N) is 1. The average Bonchev–Trinajstić information content (AvgIpc) is 2.81. The van der Waals surface area contributed by atoms with Crippen molar-refractivity contribution in [1.29, 1.82) is 0 Å². The molecular formula is C27H21Cl2NO2. The molecule has 32 heavy (non-hydrogen) atoms. The molecule has 0 spiro atoms. The molecule has 0 saturated carbocycles. The van der Waals surface area contributed by atoms with Gasteiger partial charge in [-0.1, -0.05) is 66.7 Å². The van der Waals surface area contributed by atoms with Crippen LogP contribution < -0.4 is 0 Å². The highest BCUT2D eigenvalue weighted by Crippen LogP contribution is 2.30. The molecule has 1 N–H and O–H groups in total. The molecule has 0 radical (unpaired) electrons. The van der Waals surface area contributed by atoms with Gasteiger partial charge in [-0.3, -0.25) is 0 Å². The number of aromatic nitrogens is 1. The fourth-order valence-corrected chi connectivity index (χ4v) is 4.13. The zero-order chi connectivity index (χ0) is 22.7. The number of hydrogen-bond donors (Lipinski definition) is 1. The van der Waals surface area contributed by atoms with Crippen molar-refractivity contribution in [2.24, 2.45) is 0 Å². The highest BCUT2D eigenvalue weighted by Gasteiger charge is 2.14. The van der Waals surface area contributed by atoms with Crippen molar-refractivity contribution >= 4 is 45.6 Å². The SMILES string of the molecule is C=C(c1cccc([C@@H](Cl)CCc2ccccc2C(=O)O)c1)c1ccc2ccc(Cl)cc2n1. The number of carboxylic acids is 1. The Balaban J connectivity index is 1.53. The molecule has 1 aromatic heterocycles. The molecule has 3 aromatic carbocycles. The predicted molar refractivity (Wildman–Crippen MR) is 132 cm³/mol. The van der Waals surface area contributed by atoms with Gasteiger partial charge in [0, 0.05) is 16.0 Å². The number of carbonyl (C=O) groups is 1. The van der Waals surface area contributed by atoms with Gasteiger partial charge in [-0.15, -0.1) is 11.6 Å². The molecule has 0 aliphatic rings. The topological polar surface area (TPSA) is 50.2 Å². The maximum absolute atomic E-state index is 11.4. The van der Waals surface area contributed by atoms with Gasteiger partial charge in [0.1, 0.15) is 0 Å². The number of alkyl halides is 1. The van der Waals surface area contributed by atoms with Crippen LogP contribution in [0, 0.1) is 0 Å². The summed E-state index contributed by atoms with van der Waals surface area (Å²) in [6, 6.07) is 24.6. The molecule has 1 atom stereocenters. The first-order valence-corrected chi connectivity index (χ1v) is 11.0. The summed E-state index contributed by atoms with van der Waals surface area (Å²) in [6.45, 7) is 4.25. The molecule has 3 nitrogen and oxygen atoms in total. The predicted octanol–water partition coefficient (Wildman–Crippen LogP) is 7.56. The monoisotopic (exact) mass is 461 g/mol. The van der Waals surface area contributed by atoms with Crippen molar-refractivity contribution in [3.63, 3.8) is 0 Å². The molecule has 0 bridgehead atoms. The summed E-state index contributed by atoms with van der Waals surface area (Å²) in [5, 5.41) is 10.8. The minimum absolute atomic E-state index is 0.257. The molecule has 160 valence electrons. The molecule has 0 aliphatic carbocycles. The van der Waals surface area contributed by atoms with E-state index in [1.165, 1.54) is 0 Å². The van der Waals surface area contributed by atoms with Crippen LogP contribution in [-0.4, -0.2) is 16.1 Å². The van der Waals surface area contributed by atoms with E-state index in [1.54, 1.807) is 12.1 Å². The molecule has 0 fully saturated rings. The van der Waals surface area contributed by atoms with Gasteiger partial charge in [0.25, 0.3) is 0 Å². The van der Waals surface area contributed by atoms with Gasteiger partial charge in [-0.2, -0.15) is 0 Å². The van der Waals surface area contributed by atoms with Crippen molar-refractivity contribution in [2.75, 3.05) is 0 Å². The third kappa shape index (κ3) is 4.85. The summed E-state index contributed by atoms with van der Waals surface area (Å²) < 4.78 is 0. The normalized spacial score (nSPS) is 11.9. The van der Waals surface area contributed by atoms with Crippen molar-refractivity contribution in [3.8, 4) is 0 Å². The Morgan fingerprint density at radius 2 is 1.78 bits per heavy atom. The van der Waals surface area contributed by atoms with Crippen LogP contribution in [0.2, 0.25) is 5.02 Å². The number of rotatable bonds is 7. The zero-order valence-electron chi connectivity index (χ0n) is 17.3. The number of halogens is 2. The van der Waals surface area contributed by atoms with Gasteiger partial charge in [0.15, 0.2) is 0 Å². The summed E-state index contributed by atoms with van der Waals surface area (Å²) in [7, 11) is 0. The van der Waals surface area contributed by atoms with E-state index in [4.69, 9.17) is 28.2 Å². The van der Waals surface area contributed by atoms with E-state index in [0.717, 1.165) is 38.9 Å². The van der Waals surface area contributed by atoms with Crippen LogP contribution in [0.5, 0.6) is 0 Å². The van der Waals surface area contributed by atoms with E-state index in [2.05, 4.69) is 6.58 Å². The third-order valence-corrected chi connectivity index (χ3v) is 6.18.